The summed E-state index contributed by atoms with van der Waals surface area (Å²) in [4.78, 5) is 0. The zero-order chi connectivity index (χ0) is 9.40. The molecule has 0 aliphatic heterocycles. The Morgan fingerprint density at radius 3 is 1.08 bits per heavy atom. The van der Waals surface area contributed by atoms with Crippen LogP contribution in [0.3, 0.4) is 0 Å². The largest absolute Gasteiger partial charge is 0.0683 e. The van der Waals surface area contributed by atoms with Gasteiger partial charge in [-0.05, 0) is 11.8 Å². The third kappa shape index (κ3) is 3.16. The molecule has 0 heterocycles. The van der Waals surface area contributed by atoms with Crippen molar-refractivity contribution in [1.82, 2.24) is 0 Å². The molecule has 0 bridgehead atoms. The predicted molar refractivity (Wildman–Crippen MR) is 57.4 cm³/mol. The first-order valence-corrected chi connectivity index (χ1v) is 5.97. The first-order valence-electron chi connectivity index (χ1n) is 5.97. The molecule has 2 aliphatic rings. The molecule has 12 heavy (non-hydrogen) atoms. The van der Waals surface area contributed by atoms with E-state index in [4.69, 9.17) is 0 Å². The molecular formula is C12H26. The molecule has 2 rings (SSSR count). The minimum absolute atomic E-state index is 1.18. The van der Waals surface area contributed by atoms with Gasteiger partial charge in [0.1, 0.15) is 0 Å². The predicted octanol–water partition coefficient (Wildman–Crippen LogP) is 4.64. The Labute approximate surface area is 78.8 Å². The summed E-state index contributed by atoms with van der Waals surface area (Å²) in [5.74, 6) is 2.35. The number of fused-ring (bicyclic) bond motifs is 1. The van der Waals surface area contributed by atoms with E-state index < -0.39 is 0 Å². The van der Waals surface area contributed by atoms with Gasteiger partial charge in [-0.25, -0.2) is 0 Å². The molecule has 0 aromatic rings. The molecule has 0 nitrogen and oxygen atoms in total. The smallest absolute Gasteiger partial charge is 0.0386 e. The van der Waals surface area contributed by atoms with Gasteiger partial charge in [0.15, 0.2) is 0 Å². The monoisotopic (exact) mass is 170 g/mol. The fourth-order valence-electron chi connectivity index (χ4n) is 2.52. The van der Waals surface area contributed by atoms with Gasteiger partial charge in [-0.2, -0.15) is 0 Å². The summed E-state index contributed by atoms with van der Waals surface area (Å²) in [6.45, 7) is 8.00. The highest BCUT2D eigenvalue weighted by molar-refractivity contribution is 4.82. The lowest BCUT2D eigenvalue weighted by Crippen LogP contribution is -1.95. The Morgan fingerprint density at radius 1 is 0.583 bits per heavy atom. The van der Waals surface area contributed by atoms with Crippen molar-refractivity contribution in [3.63, 3.8) is 0 Å². The number of hydrogen-bond acceptors (Lipinski definition) is 0. The lowest BCUT2D eigenvalue weighted by atomic mass is 10.0. The van der Waals surface area contributed by atoms with Crippen molar-refractivity contribution in [3.05, 3.63) is 0 Å². The summed E-state index contributed by atoms with van der Waals surface area (Å²) >= 11 is 0. The van der Waals surface area contributed by atoms with Crippen molar-refractivity contribution >= 4 is 0 Å². The summed E-state index contributed by atoms with van der Waals surface area (Å²) < 4.78 is 0. The standard InChI is InChI=1S/C8H14.2C2H6/c1-3-7-5-2-6-8(7)4-1;2*1-2/h7-8H,1-6H2;2*1-2H3. The Balaban J connectivity index is 0.000000269. The van der Waals surface area contributed by atoms with E-state index >= 15 is 0 Å². The van der Waals surface area contributed by atoms with E-state index in [1.54, 1.807) is 25.7 Å². The van der Waals surface area contributed by atoms with Crippen LogP contribution in [-0.2, 0) is 0 Å². The molecule has 0 N–H and O–H groups in total. The third-order valence-corrected chi connectivity index (χ3v) is 2.97. The second-order valence-corrected chi connectivity index (χ2v) is 3.38. The molecular weight excluding hydrogens is 144 g/mol. The molecule has 0 spiro atoms. The number of hydrogen-bond donors (Lipinski definition) is 0. The van der Waals surface area contributed by atoms with E-state index in [2.05, 4.69) is 0 Å². The molecule has 0 saturated heterocycles. The van der Waals surface area contributed by atoms with E-state index in [0.29, 0.717) is 0 Å². The molecule has 0 amide bonds. The average molecular weight is 170 g/mol. The van der Waals surface area contributed by atoms with Gasteiger partial charge < -0.3 is 0 Å². The summed E-state index contributed by atoms with van der Waals surface area (Å²) in [6.07, 6.45) is 9.31. The lowest BCUT2D eigenvalue weighted by molar-refractivity contribution is 0.457. The first-order chi connectivity index (χ1) is 5.97. The molecule has 2 fully saturated rings. The van der Waals surface area contributed by atoms with Crippen molar-refractivity contribution < 1.29 is 0 Å². The first kappa shape index (κ1) is 12.0. The highest BCUT2D eigenvalue weighted by Gasteiger charge is 2.30. The topological polar surface area (TPSA) is 0 Å². The Morgan fingerprint density at radius 2 is 0.833 bits per heavy atom. The fraction of sp³-hybridized carbons (Fsp3) is 1.00. The van der Waals surface area contributed by atoms with Crippen LogP contribution in [-0.4, -0.2) is 0 Å². The molecule has 0 aromatic carbocycles. The molecule has 0 unspecified atom stereocenters. The molecule has 2 saturated carbocycles. The molecule has 2 aliphatic carbocycles. The summed E-state index contributed by atoms with van der Waals surface area (Å²) in [7, 11) is 0. The minimum Gasteiger partial charge on any atom is -0.0683 e. The minimum atomic E-state index is 1.18. The molecule has 0 heteroatoms. The highest BCUT2D eigenvalue weighted by atomic mass is 14.4. The van der Waals surface area contributed by atoms with E-state index in [1.807, 2.05) is 27.7 Å². The normalized spacial score (nSPS) is 31.0. The third-order valence-electron chi connectivity index (χ3n) is 2.97. The van der Waals surface area contributed by atoms with Gasteiger partial charge in [0.25, 0.3) is 0 Å². The van der Waals surface area contributed by atoms with Gasteiger partial charge in [0.2, 0.25) is 0 Å². The Kier molecular flexibility index (Phi) is 7.64. The quantitative estimate of drug-likeness (QED) is 0.497. The van der Waals surface area contributed by atoms with Crippen LogP contribution in [0.5, 0.6) is 0 Å². The maximum Gasteiger partial charge on any atom is -0.0386 e. The Hall–Kier alpha value is 0. The molecule has 74 valence electrons. The summed E-state index contributed by atoms with van der Waals surface area (Å²) in [6, 6.07) is 0. The fourth-order valence-corrected chi connectivity index (χ4v) is 2.52. The van der Waals surface area contributed by atoms with E-state index in [-0.39, 0.29) is 0 Å². The van der Waals surface area contributed by atoms with Crippen molar-refractivity contribution in [2.75, 3.05) is 0 Å². The van der Waals surface area contributed by atoms with Crippen molar-refractivity contribution in [2.45, 2.75) is 66.2 Å². The zero-order valence-electron chi connectivity index (χ0n) is 9.40. The SMILES string of the molecule is C1CC2CCCC2C1.CC.CC. The second kappa shape index (κ2) is 7.64. The molecule has 0 atom stereocenters. The van der Waals surface area contributed by atoms with Gasteiger partial charge in [0.05, 0.1) is 0 Å². The highest BCUT2D eigenvalue weighted by Crippen LogP contribution is 2.43. The molecule has 0 radical (unpaired) electrons. The summed E-state index contributed by atoms with van der Waals surface area (Å²) in [5, 5.41) is 0. The molecule has 0 aromatic heterocycles. The van der Waals surface area contributed by atoms with Gasteiger partial charge in [-0.15, -0.1) is 0 Å². The van der Waals surface area contributed by atoms with Gasteiger partial charge >= 0.3 is 0 Å². The van der Waals surface area contributed by atoms with Crippen LogP contribution in [0.25, 0.3) is 0 Å². The van der Waals surface area contributed by atoms with Gasteiger partial charge in [-0.3, -0.25) is 0 Å². The van der Waals surface area contributed by atoms with E-state index in [1.165, 1.54) is 24.7 Å². The van der Waals surface area contributed by atoms with E-state index in [0.717, 1.165) is 0 Å². The van der Waals surface area contributed by atoms with Gasteiger partial charge in [-0.1, -0.05) is 66.2 Å². The maximum atomic E-state index is 2.00. The van der Waals surface area contributed by atoms with Crippen molar-refractivity contribution in [3.8, 4) is 0 Å². The van der Waals surface area contributed by atoms with Crippen LogP contribution >= 0.6 is 0 Å². The number of rotatable bonds is 0. The van der Waals surface area contributed by atoms with Crippen LogP contribution < -0.4 is 0 Å². The van der Waals surface area contributed by atoms with Crippen LogP contribution in [0.1, 0.15) is 66.2 Å². The van der Waals surface area contributed by atoms with Crippen LogP contribution in [0, 0.1) is 11.8 Å². The zero-order valence-corrected chi connectivity index (χ0v) is 9.40. The van der Waals surface area contributed by atoms with Crippen LogP contribution in [0.4, 0.5) is 0 Å². The average Bonchev–Trinajstić information content (AvgIpc) is 2.72. The maximum absolute atomic E-state index is 2.00. The van der Waals surface area contributed by atoms with E-state index in [9.17, 15) is 0 Å². The van der Waals surface area contributed by atoms with Gasteiger partial charge in [0, 0.05) is 0 Å². The van der Waals surface area contributed by atoms with Crippen molar-refractivity contribution in [2.24, 2.45) is 11.8 Å². The second-order valence-electron chi connectivity index (χ2n) is 3.38. The van der Waals surface area contributed by atoms with Crippen LogP contribution in [0.2, 0.25) is 0 Å². The van der Waals surface area contributed by atoms with Crippen molar-refractivity contribution in [1.29, 1.82) is 0 Å². The Bertz CT molecular complexity index is 66.0. The lowest BCUT2D eigenvalue weighted by Gasteiger charge is -2.04. The van der Waals surface area contributed by atoms with Crippen LogP contribution in [0.15, 0.2) is 0 Å². The summed E-state index contributed by atoms with van der Waals surface area (Å²) in [5.41, 5.74) is 0.